The average molecular weight is 307 g/mol. The van der Waals surface area contributed by atoms with Gasteiger partial charge in [0.1, 0.15) is 16.2 Å². The van der Waals surface area contributed by atoms with Crippen molar-refractivity contribution < 1.29 is 9.90 Å². The third-order valence-corrected chi connectivity index (χ3v) is 2.80. The maximum Gasteiger partial charge on any atom is 0.260 e. The Morgan fingerprint density at radius 3 is 2.83 bits per heavy atom. The summed E-state index contributed by atoms with van der Waals surface area (Å²) in [5.41, 5.74) is 1.14. The molecule has 0 saturated carbocycles. The Balaban J connectivity index is 2.24. The summed E-state index contributed by atoms with van der Waals surface area (Å²) in [4.78, 5) is 16.1. The second-order valence-electron chi connectivity index (χ2n) is 3.82. The molecule has 5 heteroatoms. The van der Waals surface area contributed by atoms with Gasteiger partial charge >= 0.3 is 0 Å². The van der Waals surface area contributed by atoms with Gasteiger partial charge in [-0.15, -0.1) is 0 Å². The summed E-state index contributed by atoms with van der Waals surface area (Å²) < 4.78 is 0.633. The summed E-state index contributed by atoms with van der Waals surface area (Å²) in [6, 6.07) is 10.1. The van der Waals surface area contributed by atoms with Gasteiger partial charge < -0.3 is 10.4 Å². The Morgan fingerprint density at radius 2 is 2.11 bits per heavy atom. The fourth-order valence-corrected chi connectivity index (χ4v) is 1.84. The van der Waals surface area contributed by atoms with Crippen molar-refractivity contribution in [3.63, 3.8) is 0 Å². The molecule has 2 N–H and O–H groups in total. The van der Waals surface area contributed by atoms with Crippen LogP contribution < -0.4 is 5.32 Å². The fourth-order valence-electron chi connectivity index (χ4n) is 1.49. The Morgan fingerprint density at radius 1 is 1.33 bits per heavy atom. The van der Waals surface area contributed by atoms with Gasteiger partial charge in [0.2, 0.25) is 0 Å². The highest BCUT2D eigenvalue weighted by Gasteiger charge is 2.12. The van der Waals surface area contributed by atoms with Crippen molar-refractivity contribution in [1.82, 2.24) is 4.98 Å². The van der Waals surface area contributed by atoms with Crippen molar-refractivity contribution in [1.29, 1.82) is 0 Å². The van der Waals surface area contributed by atoms with Gasteiger partial charge in [-0.2, -0.15) is 0 Å². The smallest absolute Gasteiger partial charge is 0.260 e. The third kappa shape index (κ3) is 2.87. The zero-order chi connectivity index (χ0) is 13.1. The van der Waals surface area contributed by atoms with Gasteiger partial charge in [0, 0.05) is 0 Å². The van der Waals surface area contributed by atoms with Crippen molar-refractivity contribution in [2.24, 2.45) is 0 Å². The van der Waals surface area contributed by atoms with Crippen LogP contribution in [0.5, 0.6) is 5.75 Å². The lowest BCUT2D eigenvalue weighted by atomic mass is 10.1. The number of aromatic nitrogens is 1. The first kappa shape index (κ1) is 12.6. The molecule has 2 rings (SSSR count). The van der Waals surface area contributed by atoms with Crippen molar-refractivity contribution in [3.05, 3.63) is 52.1 Å². The van der Waals surface area contributed by atoms with E-state index in [9.17, 15) is 9.90 Å². The van der Waals surface area contributed by atoms with Crippen molar-refractivity contribution >= 4 is 27.7 Å². The molecule has 0 spiro atoms. The molecule has 0 aliphatic heterocycles. The standard InChI is InChI=1S/C13H11BrN2O2/c1-8-5-6-10(17)9(7-8)13(18)16-12-4-2-3-11(14)15-12/h2-7,17H,1H3,(H,15,16,18). The second kappa shape index (κ2) is 5.18. The number of halogens is 1. The number of rotatable bonds is 2. The van der Waals surface area contributed by atoms with E-state index in [1.165, 1.54) is 6.07 Å². The fraction of sp³-hybridized carbons (Fsp3) is 0.0769. The van der Waals surface area contributed by atoms with Gasteiger partial charge in [0.25, 0.3) is 5.91 Å². The highest BCUT2D eigenvalue weighted by molar-refractivity contribution is 9.10. The largest absolute Gasteiger partial charge is 0.507 e. The molecule has 0 atom stereocenters. The normalized spacial score (nSPS) is 10.1. The van der Waals surface area contributed by atoms with E-state index in [0.29, 0.717) is 10.4 Å². The first-order valence-corrected chi connectivity index (χ1v) is 6.09. The van der Waals surface area contributed by atoms with Crippen LogP contribution in [-0.4, -0.2) is 16.0 Å². The van der Waals surface area contributed by atoms with Crippen LogP contribution in [0.15, 0.2) is 41.0 Å². The maximum absolute atomic E-state index is 12.0. The number of aryl methyl sites for hydroxylation is 1. The number of carbonyl (C=O) groups excluding carboxylic acids is 1. The zero-order valence-electron chi connectivity index (χ0n) is 9.64. The summed E-state index contributed by atoms with van der Waals surface area (Å²) in [7, 11) is 0. The predicted octanol–water partition coefficient (Wildman–Crippen LogP) is 3.11. The van der Waals surface area contributed by atoms with E-state index in [0.717, 1.165) is 5.56 Å². The molecular weight excluding hydrogens is 296 g/mol. The first-order chi connectivity index (χ1) is 8.56. The molecule has 0 unspecified atom stereocenters. The van der Waals surface area contributed by atoms with Crippen LogP contribution in [0.4, 0.5) is 5.82 Å². The van der Waals surface area contributed by atoms with Crippen molar-refractivity contribution in [2.75, 3.05) is 5.32 Å². The molecule has 0 radical (unpaired) electrons. The van der Waals surface area contributed by atoms with Crippen molar-refractivity contribution in [2.45, 2.75) is 6.92 Å². The van der Waals surface area contributed by atoms with Gasteiger partial charge in [0.05, 0.1) is 5.56 Å². The number of hydrogen-bond acceptors (Lipinski definition) is 3. The van der Waals surface area contributed by atoms with E-state index < -0.39 is 0 Å². The molecule has 92 valence electrons. The number of hydrogen-bond donors (Lipinski definition) is 2. The van der Waals surface area contributed by atoms with Crippen LogP contribution in [0.1, 0.15) is 15.9 Å². The summed E-state index contributed by atoms with van der Waals surface area (Å²) in [6.07, 6.45) is 0. The Kier molecular flexibility index (Phi) is 3.62. The molecule has 1 aromatic carbocycles. The lowest BCUT2D eigenvalue weighted by Gasteiger charge is -2.07. The van der Waals surface area contributed by atoms with E-state index in [1.807, 2.05) is 6.92 Å². The maximum atomic E-state index is 12.0. The highest BCUT2D eigenvalue weighted by Crippen LogP contribution is 2.19. The zero-order valence-corrected chi connectivity index (χ0v) is 11.2. The number of aromatic hydroxyl groups is 1. The Bertz CT molecular complexity index is 599. The van der Waals surface area contributed by atoms with Crippen LogP contribution in [-0.2, 0) is 0 Å². The molecule has 0 aliphatic carbocycles. The van der Waals surface area contributed by atoms with Crippen molar-refractivity contribution in [3.8, 4) is 5.75 Å². The molecule has 1 heterocycles. The predicted molar refractivity (Wildman–Crippen MR) is 72.7 cm³/mol. The number of pyridine rings is 1. The van der Waals surface area contributed by atoms with E-state index in [1.54, 1.807) is 30.3 Å². The monoisotopic (exact) mass is 306 g/mol. The molecule has 18 heavy (non-hydrogen) atoms. The number of anilines is 1. The summed E-state index contributed by atoms with van der Waals surface area (Å²) in [5.74, 6) is -0.00909. The van der Waals surface area contributed by atoms with Gasteiger partial charge in [-0.05, 0) is 47.1 Å². The number of carbonyl (C=O) groups is 1. The molecule has 4 nitrogen and oxygen atoms in total. The van der Waals surface area contributed by atoms with Gasteiger partial charge in [-0.3, -0.25) is 4.79 Å². The minimum atomic E-state index is -0.387. The Hall–Kier alpha value is -1.88. The number of nitrogens with zero attached hydrogens (tertiary/aromatic N) is 1. The molecule has 0 saturated heterocycles. The summed E-state index contributed by atoms with van der Waals surface area (Å²) >= 11 is 3.22. The summed E-state index contributed by atoms with van der Waals surface area (Å²) in [5, 5.41) is 12.3. The molecule has 2 aromatic rings. The molecule has 0 bridgehead atoms. The molecule has 1 amide bonds. The van der Waals surface area contributed by atoms with Gasteiger partial charge in [0.15, 0.2) is 0 Å². The van der Waals surface area contributed by atoms with Crippen LogP contribution in [0.25, 0.3) is 0 Å². The van der Waals surface area contributed by atoms with Gasteiger partial charge in [-0.25, -0.2) is 4.98 Å². The highest BCUT2D eigenvalue weighted by atomic mass is 79.9. The second-order valence-corrected chi connectivity index (χ2v) is 4.63. The lowest BCUT2D eigenvalue weighted by molar-refractivity contribution is 0.102. The molecule has 0 fully saturated rings. The quantitative estimate of drug-likeness (QED) is 0.838. The number of benzene rings is 1. The number of phenolic OH excluding ortho intramolecular Hbond substituents is 1. The minimum absolute atomic E-state index is 0.0481. The SMILES string of the molecule is Cc1ccc(O)c(C(=O)Nc2cccc(Br)n2)c1. The summed E-state index contributed by atoms with van der Waals surface area (Å²) in [6.45, 7) is 1.85. The van der Waals surface area contributed by atoms with Crippen LogP contribution in [0.2, 0.25) is 0 Å². The van der Waals surface area contributed by atoms with Crippen LogP contribution in [0, 0.1) is 6.92 Å². The average Bonchev–Trinajstić information content (AvgIpc) is 2.32. The van der Waals surface area contributed by atoms with E-state index in [-0.39, 0.29) is 17.2 Å². The van der Waals surface area contributed by atoms with Gasteiger partial charge in [-0.1, -0.05) is 17.7 Å². The third-order valence-electron chi connectivity index (χ3n) is 2.35. The number of amides is 1. The molecule has 1 aromatic heterocycles. The Labute approximate surface area is 113 Å². The van der Waals surface area contributed by atoms with Crippen LogP contribution >= 0.6 is 15.9 Å². The van der Waals surface area contributed by atoms with E-state index in [4.69, 9.17) is 0 Å². The molecular formula is C13H11BrN2O2. The lowest BCUT2D eigenvalue weighted by Crippen LogP contribution is -2.13. The first-order valence-electron chi connectivity index (χ1n) is 5.30. The van der Waals surface area contributed by atoms with E-state index in [2.05, 4.69) is 26.2 Å². The molecule has 0 aliphatic rings. The van der Waals surface area contributed by atoms with Crippen LogP contribution in [0.3, 0.4) is 0 Å². The minimum Gasteiger partial charge on any atom is -0.507 e. The van der Waals surface area contributed by atoms with E-state index >= 15 is 0 Å². The number of nitrogens with one attached hydrogen (secondary N) is 1. The number of phenols is 1. The topological polar surface area (TPSA) is 62.2 Å².